The van der Waals surface area contributed by atoms with Gasteiger partial charge in [0.25, 0.3) is 23.6 Å². The standard InChI is InChI=1S/C54H54N6O10/c1-66-41-17-13-35(14-18-41)37-25-40-31-56-45-29-49(47(68-3)27-43(45)54(65)60(40)33-37)70-23-9-5-8-22-69-48-28-44-42(26-46(48)67-2)53(64)59-32-36(24-39(59)30-55-44)34-11-15-38(16-12-34)57-50(61)10-6-4-7-21-58-51(62)19-20-52(58)63/h11-20,26-33,39-40H,4-10,21-25H2,1-3H3,(H,57,61)/t39-,40-/m0/s1. The van der Waals surface area contributed by atoms with Crippen molar-refractivity contribution in [3.8, 4) is 28.7 Å². The van der Waals surface area contributed by atoms with Gasteiger partial charge >= 0.3 is 0 Å². The first kappa shape index (κ1) is 47.1. The third kappa shape index (κ3) is 10.2. The molecule has 2 atom stereocenters. The quantitative estimate of drug-likeness (QED) is 0.0666. The second-order valence-electron chi connectivity index (χ2n) is 17.5. The molecule has 5 amide bonds. The molecule has 0 spiro atoms. The van der Waals surface area contributed by atoms with Crippen LogP contribution in [-0.4, -0.2) is 110 Å². The van der Waals surface area contributed by atoms with Gasteiger partial charge in [-0.05, 0) is 90.8 Å². The molecule has 0 saturated carbocycles. The van der Waals surface area contributed by atoms with Crippen LogP contribution in [0.15, 0.2) is 107 Å². The molecule has 4 aromatic rings. The van der Waals surface area contributed by atoms with Crippen LogP contribution in [0.2, 0.25) is 0 Å². The Hall–Kier alpha value is -8.01. The zero-order valence-corrected chi connectivity index (χ0v) is 39.4. The second kappa shape index (κ2) is 21.1. The van der Waals surface area contributed by atoms with E-state index in [4.69, 9.17) is 33.7 Å². The summed E-state index contributed by atoms with van der Waals surface area (Å²) in [6.45, 7) is 1.18. The van der Waals surface area contributed by atoms with Crippen molar-refractivity contribution >= 4 is 70.2 Å². The van der Waals surface area contributed by atoms with E-state index in [2.05, 4.69) is 5.32 Å². The number of hydrogen-bond donors (Lipinski definition) is 1. The number of benzene rings is 4. The second-order valence-corrected chi connectivity index (χ2v) is 17.5. The lowest BCUT2D eigenvalue weighted by atomic mass is 10.0. The minimum atomic E-state index is -0.292. The monoisotopic (exact) mass is 946 g/mol. The van der Waals surface area contributed by atoms with Gasteiger partial charge in [0.2, 0.25) is 5.91 Å². The number of amides is 5. The van der Waals surface area contributed by atoms with Crippen molar-refractivity contribution in [3.63, 3.8) is 0 Å². The SMILES string of the molecule is COc1ccc(C2=CN3C(=O)c4cc(OC)c(OCCCCCOc5cc6c(cc5OC)C(=O)N5C=C(c7ccc(NC(=O)CCCCCN8C(=O)C=CC8=O)cc7)C[C@H]5C=N6)cc4N=C[C@@H]3C2)cc1. The first-order chi connectivity index (χ1) is 34.1. The molecule has 16 nitrogen and oxygen atoms in total. The minimum Gasteiger partial charge on any atom is -0.497 e. The number of unbranched alkanes of at least 4 members (excludes halogenated alkanes) is 4. The molecular formula is C54H54N6O10. The Bertz CT molecular complexity index is 2830. The fraction of sp³-hybridized carbons (Fsp3) is 0.315. The van der Waals surface area contributed by atoms with Crippen LogP contribution in [0.3, 0.4) is 0 Å². The number of rotatable bonds is 20. The molecule has 0 aromatic heterocycles. The van der Waals surface area contributed by atoms with Gasteiger partial charge < -0.3 is 38.8 Å². The van der Waals surface area contributed by atoms with Gasteiger partial charge in [-0.15, -0.1) is 0 Å². The summed E-state index contributed by atoms with van der Waals surface area (Å²) in [5.74, 6) is 1.63. The molecule has 4 aromatic carbocycles. The van der Waals surface area contributed by atoms with E-state index < -0.39 is 0 Å². The Morgan fingerprint density at radius 3 is 1.60 bits per heavy atom. The molecule has 16 heteroatoms. The molecule has 1 N–H and O–H groups in total. The lowest BCUT2D eigenvalue weighted by Gasteiger charge is -2.19. The van der Waals surface area contributed by atoms with Crippen molar-refractivity contribution in [1.29, 1.82) is 0 Å². The van der Waals surface area contributed by atoms with Crippen LogP contribution in [0.5, 0.6) is 28.7 Å². The summed E-state index contributed by atoms with van der Waals surface area (Å²) in [4.78, 5) is 77.8. The van der Waals surface area contributed by atoms with E-state index in [0.717, 1.165) is 47.3 Å². The number of fused-ring (bicyclic) bond motifs is 4. The number of nitrogens with one attached hydrogen (secondary N) is 1. The van der Waals surface area contributed by atoms with Crippen LogP contribution < -0.4 is 29.0 Å². The molecule has 9 rings (SSSR count). The first-order valence-electron chi connectivity index (χ1n) is 23.5. The molecule has 0 saturated heterocycles. The lowest BCUT2D eigenvalue weighted by Crippen LogP contribution is -2.32. The minimum absolute atomic E-state index is 0.112. The molecule has 360 valence electrons. The van der Waals surface area contributed by atoms with Crippen molar-refractivity contribution in [3.05, 3.63) is 120 Å². The Kier molecular flexibility index (Phi) is 14.2. The highest BCUT2D eigenvalue weighted by atomic mass is 16.5. The molecule has 0 aliphatic carbocycles. The predicted molar refractivity (Wildman–Crippen MR) is 265 cm³/mol. The molecule has 0 fully saturated rings. The number of hydrogen-bond acceptors (Lipinski definition) is 12. The van der Waals surface area contributed by atoms with Gasteiger partial charge in [0.05, 0.1) is 69.1 Å². The van der Waals surface area contributed by atoms with Crippen molar-refractivity contribution in [1.82, 2.24) is 14.7 Å². The van der Waals surface area contributed by atoms with E-state index in [-0.39, 0.29) is 41.6 Å². The van der Waals surface area contributed by atoms with Gasteiger partial charge in [0.1, 0.15) is 5.75 Å². The van der Waals surface area contributed by atoms with Gasteiger partial charge in [-0.2, -0.15) is 0 Å². The molecule has 5 aliphatic rings. The summed E-state index contributed by atoms with van der Waals surface area (Å²) in [6, 6.07) is 21.8. The summed E-state index contributed by atoms with van der Waals surface area (Å²) in [5.41, 5.74) is 6.53. The molecule has 0 bridgehead atoms. The van der Waals surface area contributed by atoms with Crippen molar-refractivity contribution in [2.75, 3.05) is 46.4 Å². The maximum absolute atomic E-state index is 14.0. The summed E-state index contributed by atoms with van der Waals surface area (Å²) in [6.07, 6.45) is 15.8. The fourth-order valence-corrected chi connectivity index (χ4v) is 9.07. The van der Waals surface area contributed by atoms with Crippen LogP contribution in [0.25, 0.3) is 11.1 Å². The van der Waals surface area contributed by atoms with Gasteiger partial charge in [-0.1, -0.05) is 30.7 Å². The summed E-state index contributed by atoms with van der Waals surface area (Å²) in [7, 11) is 4.73. The number of nitrogens with zero attached hydrogens (tertiary/aromatic N) is 5. The Morgan fingerprint density at radius 1 is 0.600 bits per heavy atom. The van der Waals surface area contributed by atoms with Gasteiger partial charge in [-0.25, -0.2) is 0 Å². The highest BCUT2D eigenvalue weighted by molar-refractivity contribution is 6.13. The highest BCUT2D eigenvalue weighted by Gasteiger charge is 2.35. The zero-order chi connectivity index (χ0) is 48.7. The maximum atomic E-state index is 14.0. The number of methoxy groups -OCH3 is 3. The van der Waals surface area contributed by atoms with E-state index in [9.17, 15) is 24.0 Å². The number of anilines is 1. The van der Waals surface area contributed by atoms with E-state index >= 15 is 0 Å². The summed E-state index contributed by atoms with van der Waals surface area (Å²) >= 11 is 0. The average molecular weight is 947 g/mol. The average Bonchev–Trinajstić information content (AvgIpc) is 4.06. The van der Waals surface area contributed by atoms with E-state index in [0.29, 0.717) is 109 Å². The zero-order valence-electron chi connectivity index (χ0n) is 39.4. The van der Waals surface area contributed by atoms with E-state index in [1.54, 1.807) is 61.6 Å². The van der Waals surface area contributed by atoms with Gasteiger partial charge in [0.15, 0.2) is 23.0 Å². The predicted octanol–water partition coefficient (Wildman–Crippen LogP) is 8.71. The molecule has 5 heterocycles. The van der Waals surface area contributed by atoms with Crippen molar-refractivity contribution in [2.45, 2.75) is 69.9 Å². The van der Waals surface area contributed by atoms with Crippen LogP contribution in [-0.2, 0) is 14.4 Å². The Balaban J connectivity index is 0.730. The topological polar surface area (TPSA) is 178 Å². The third-order valence-electron chi connectivity index (χ3n) is 12.9. The molecule has 70 heavy (non-hydrogen) atoms. The molecular weight excluding hydrogens is 893 g/mol. The number of aliphatic imine (C=N–C) groups is 2. The normalized spacial score (nSPS) is 17.6. The molecule has 0 unspecified atom stereocenters. The maximum Gasteiger partial charge on any atom is 0.260 e. The Morgan fingerprint density at radius 2 is 1.10 bits per heavy atom. The largest absolute Gasteiger partial charge is 0.497 e. The summed E-state index contributed by atoms with van der Waals surface area (Å²) < 4.78 is 29.0. The van der Waals surface area contributed by atoms with Crippen LogP contribution >= 0.6 is 0 Å². The van der Waals surface area contributed by atoms with E-state index in [1.165, 1.54) is 17.1 Å². The van der Waals surface area contributed by atoms with Gasteiger partial charge in [-0.3, -0.25) is 38.9 Å². The van der Waals surface area contributed by atoms with E-state index in [1.807, 2.05) is 67.1 Å². The highest BCUT2D eigenvalue weighted by Crippen LogP contribution is 2.42. The smallest absolute Gasteiger partial charge is 0.260 e. The summed E-state index contributed by atoms with van der Waals surface area (Å²) in [5, 5.41) is 2.93. The van der Waals surface area contributed by atoms with Crippen LogP contribution in [0.1, 0.15) is 89.6 Å². The number of carbonyl (C=O) groups is 5. The van der Waals surface area contributed by atoms with Crippen LogP contribution in [0, 0.1) is 0 Å². The molecule has 5 aliphatic heterocycles. The number of imide groups is 1. The fourth-order valence-electron chi connectivity index (χ4n) is 9.07. The lowest BCUT2D eigenvalue weighted by molar-refractivity contribution is -0.136. The number of ether oxygens (including phenoxy) is 5. The Labute approximate surface area is 405 Å². The third-order valence-corrected chi connectivity index (χ3v) is 12.9. The molecule has 0 radical (unpaired) electrons. The van der Waals surface area contributed by atoms with Gasteiger partial charge in [0, 0.05) is 80.6 Å². The van der Waals surface area contributed by atoms with Crippen molar-refractivity contribution < 1.29 is 47.7 Å². The van der Waals surface area contributed by atoms with Crippen LogP contribution in [0.4, 0.5) is 17.1 Å². The number of carbonyl (C=O) groups excluding carboxylic acids is 5. The van der Waals surface area contributed by atoms with Crippen molar-refractivity contribution in [2.24, 2.45) is 9.98 Å². The first-order valence-corrected chi connectivity index (χ1v) is 23.5.